The number of carboxylic acids is 1. The van der Waals surface area contributed by atoms with Gasteiger partial charge in [0.05, 0.1) is 5.56 Å². The Labute approximate surface area is 117 Å². The van der Waals surface area contributed by atoms with Gasteiger partial charge in [0.15, 0.2) is 0 Å². The number of carboxylic acid groups (broad SMARTS) is 1. The van der Waals surface area contributed by atoms with Crippen LogP contribution in [0.5, 0.6) is 0 Å². The topological polar surface area (TPSA) is 75.1 Å². The number of hydrogen-bond donors (Lipinski definition) is 2. The first-order valence-corrected chi connectivity index (χ1v) is 5.78. The maximum atomic E-state index is 12.5. The van der Waals surface area contributed by atoms with E-state index in [0.717, 1.165) is 12.3 Å². The van der Waals surface area contributed by atoms with Crippen LogP contribution in [0.15, 0.2) is 30.5 Å². The lowest BCUT2D eigenvalue weighted by molar-refractivity contribution is -0.141. The summed E-state index contributed by atoms with van der Waals surface area (Å²) in [5, 5.41) is 11.6. The van der Waals surface area contributed by atoms with Crippen LogP contribution in [0.2, 0.25) is 0 Å². The molecule has 8 heteroatoms. The van der Waals surface area contributed by atoms with Gasteiger partial charge in [0.2, 0.25) is 5.95 Å². The molecule has 0 unspecified atom stereocenters. The summed E-state index contributed by atoms with van der Waals surface area (Å²) < 4.78 is 37.6. The van der Waals surface area contributed by atoms with Crippen molar-refractivity contribution < 1.29 is 23.1 Å². The number of carbonyl (C=O) groups is 1. The van der Waals surface area contributed by atoms with Crippen LogP contribution in [0, 0.1) is 6.92 Å². The van der Waals surface area contributed by atoms with Gasteiger partial charge in [-0.05, 0) is 30.7 Å². The smallest absolute Gasteiger partial charge is 0.433 e. The molecule has 1 aromatic heterocycles. The van der Waals surface area contributed by atoms with Crippen molar-refractivity contribution in [3.63, 3.8) is 0 Å². The predicted molar refractivity (Wildman–Crippen MR) is 68.5 cm³/mol. The molecule has 0 atom stereocenters. The van der Waals surface area contributed by atoms with E-state index < -0.39 is 17.8 Å². The number of nitrogens with one attached hydrogen (secondary N) is 1. The fourth-order valence-corrected chi connectivity index (χ4v) is 1.64. The van der Waals surface area contributed by atoms with Gasteiger partial charge in [0.1, 0.15) is 5.69 Å². The highest BCUT2D eigenvalue weighted by atomic mass is 19.4. The number of anilines is 2. The van der Waals surface area contributed by atoms with Crippen molar-refractivity contribution in [3.8, 4) is 0 Å². The van der Waals surface area contributed by atoms with Crippen molar-refractivity contribution in [2.75, 3.05) is 5.32 Å². The van der Waals surface area contributed by atoms with Crippen LogP contribution in [0.1, 0.15) is 21.6 Å². The van der Waals surface area contributed by atoms with Gasteiger partial charge in [0.25, 0.3) is 0 Å². The molecule has 0 aliphatic heterocycles. The number of rotatable bonds is 3. The quantitative estimate of drug-likeness (QED) is 0.909. The van der Waals surface area contributed by atoms with Crippen molar-refractivity contribution in [3.05, 3.63) is 47.3 Å². The Morgan fingerprint density at radius 1 is 1.29 bits per heavy atom. The monoisotopic (exact) mass is 297 g/mol. The number of aromatic carboxylic acids is 1. The molecule has 0 saturated carbocycles. The third-order valence-corrected chi connectivity index (χ3v) is 2.67. The highest BCUT2D eigenvalue weighted by molar-refractivity contribution is 5.90. The fraction of sp³-hybridized carbons (Fsp3) is 0.154. The summed E-state index contributed by atoms with van der Waals surface area (Å²) in [6.07, 6.45) is -3.59. The highest BCUT2D eigenvalue weighted by Gasteiger charge is 2.32. The van der Waals surface area contributed by atoms with E-state index in [1.165, 1.54) is 12.1 Å². The van der Waals surface area contributed by atoms with Gasteiger partial charge in [-0.25, -0.2) is 14.8 Å². The normalized spacial score (nSPS) is 11.2. The van der Waals surface area contributed by atoms with Gasteiger partial charge in [0, 0.05) is 11.9 Å². The molecule has 1 aromatic carbocycles. The summed E-state index contributed by atoms with van der Waals surface area (Å²) in [5.41, 5.74) is -0.201. The van der Waals surface area contributed by atoms with Crippen molar-refractivity contribution in [2.24, 2.45) is 0 Å². The zero-order chi connectivity index (χ0) is 15.6. The van der Waals surface area contributed by atoms with Gasteiger partial charge in [-0.15, -0.1) is 0 Å². The minimum atomic E-state index is -4.57. The van der Waals surface area contributed by atoms with Gasteiger partial charge in [-0.1, -0.05) is 6.07 Å². The first-order chi connectivity index (χ1) is 9.77. The summed E-state index contributed by atoms with van der Waals surface area (Å²) in [7, 11) is 0. The highest BCUT2D eigenvalue weighted by Crippen LogP contribution is 2.28. The summed E-state index contributed by atoms with van der Waals surface area (Å²) in [4.78, 5) is 18.0. The Hall–Kier alpha value is -2.64. The summed E-state index contributed by atoms with van der Waals surface area (Å²) >= 11 is 0. The average molecular weight is 297 g/mol. The molecule has 0 spiro atoms. The molecule has 2 rings (SSSR count). The van der Waals surface area contributed by atoms with E-state index in [1.807, 2.05) is 0 Å². The molecule has 0 aliphatic rings. The minimum absolute atomic E-state index is 0.0481. The minimum Gasteiger partial charge on any atom is -0.478 e. The van der Waals surface area contributed by atoms with Gasteiger partial charge < -0.3 is 10.4 Å². The molecule has 2 aromatic rings. The van der Waals surface area contributed by atoms with Crippen molar-refractivity contribution >= 4 is 17.6 Å². The van der Waals surface area contributed by atoms with E-state index in [9.17, 15) is 18.0 Å². The maximum absolute atomic E-state index is 12.5. The van der Waals surface area contributed by atoms with E-state index in [2.05, 4.69) is 15.3 Å². The average Bonchev–Trinajstić information content (AvgIpc) is 2.40. The number of benzene rings is 1. The van der Waals surface area contributed by atoms with E-state index in [-0.39, 0.29) is 17.2 Å². The number of nitrogens with zero attached hydrogens (tertiary/aromatic N) is 2. The lowest BCUT2D eigenvalue weighted by Gasteiger charge is -2.09. The third-order valence-electron chi connectivity index (χ3n) is 2.67. The maximum Gasteiger partial charge on any atom is 0.433 e. The summed E-state index contributed by atoms with van der Waals surface area (Å²) in [6, 6.07) is 5.13. The SMILES string of the molecule is Cc1ccc(Nc2nccc(C(F)(F)F)n2)cc1C(=O)O. The van der Waals surface area contributed by atoms with Crippen molar-refractivity contribution in [2.45, 2.75) is 13.1 Å². The van der Waals surface area contributed by atoms with E-state index in [1.54, 1.807) is 13.0 Å². The molecule has 0 fully saturated rings. The Morgan fingerprint density at radius 2 is 2.00 bits per heavy atom. The zero-order valence-electron chi connectivity index (χ0n) is 10.8. The second-order valence-electron chi connectivity index (χ2n) is 4.22. The Kier molecular flexibility index (Phi) is 3.79. The number of aryl methyl sites for hydroxylation is 1. The van der Waals surface area contributed by atoms with Gasteiger partial charge >= 0.3 is 12.1 Å². The molecule has 0 bridgehead atoms. The standard InChI is InChI=1S/C13H10F3N3O2/c1-7-2-3-8(6-9(7)11(20)21)18-12-17-5-4-10(19-12)13(14,15)16/h2-6H,1H3,(H,20,21)(H,17,18,19). The second kappa shape index (κ2) is 5.39. The van der Waals surface area contributed by atoms with Crippen LogP contribution in [-0.4, -0.2) is 21.0 Å². The third kappa shape index (κ3) is 3.47. The van der Waals surface area contributed by atoms with Gasteiger partial charge in [-0.2, -0.15) is 13.2 Å². The lowest BCUT2D eigenvalue weighted by atomic mass is 10.1. The lowest BCUT2D eigenvalue weighted by Crippen LogP contribution is -2.10. The van der Waals surface area contributed by atoms with Crippen molar-refractivity contribution in [1.29, 1.82) is 0 Å². The summed E-state index contributed by atoms with van der Waals surface area (Å²) in [5.74, 6) is -1.38. The molecule has 0 amide bonds. The molecule has 0 aliphatic carbocycles. The molecule has 110 valence electrons. The first kappa shape index (κ1) is 14.8. The predicted octanol–water partition coefficient (Wildman–Crippen LogP) is 3.25. The number of aromatic nitrogens is 2. The van der Waals surface area contributed by atoms with Crippen LogP contribution in [0.25, 0.3) is 0 Å². The molecule has 1 heterocycles. The molecule has 2 N–H and O–H groups in total. The molecular formula is C13H10F3N3O2. The number of hydrogen-bond acceptors (Lipinski definition) is 4. The van der Waals surface area contributed by atoms with Crippen molar-refractivity contribution in [1.82, 2.24) is 9.97 Å². The molecule has 0 radical (unpaired) electrons. The van der Waals surface area contributed by atoms with Crippen LogP contribution >= 0.6 is 0 Å². The Morgan fingerprint density at radius 3 is 2.62 bits per heavy atom. The summed E-state index contributed by atoms with van der Waals surface area (Å²) in [6.45, 7) is 1.62. The van der Waals surface area contributed by atoms with Crippen LogP contribution in [-0.2, 0) is 6.18 Å². The zero-order valence-corrected chi connectivity index (χ0v) is 10.8. The number of halogens is 3. The van der Waals surface area contributed by atoms with Crippen LogP contribution < -0.4 is 5.32 Å². The van der Waals surface area contributed by atoms with E-state index >= 15 is 0 Å². The Bertz CT molecular complexity index is 687. The van der Waals surface area contributed by atoms with E-state index in [4.69, 9.17) is 5.11 Å². The molecule has 0 saturated heterocycles. The second-order valence-corrected chi connectivity index (χ2v) is 4.22. The molecule has 21 heavy (non-hydrogen) atoms. The first-order valence-electron chi connectivity index (χ1n) is 5.78. The molecular weight excluding hydrogens is 287 g/mol. The van der Waals surface area contributed by atoms with E-state index in [0.29, 0.717) is 5.56 Å². The molecule has 5 nitrogen and oxygen atoms in total. The largest absolute Gasteiger partial charge is 0.478 e. The van der Waals surface area contributed by atoms with Crippen LogP contribution in [0.4, 0.5) is 24.8 Å². The van der Waals surface area contributed by atoms with Crippen LogP contribution in [0.3, 0.4) is 0 Å². The number of alkyl halides is 3. The fourth-order valence-electron chi connectivity index (χ4n) is 1.64. The van der Waals surface area contributed by atoms with Gasteiger partial charge in [-0.3, -0.25) is 0 Å². The Balaban J connectivity index is 2.31.